The number of nitrogens with zero attached hydrogens (tertiary/aromatic N) is 2. The molecule has 144 valence electrons. The average molecular weight is 398 g/mol. The Labute approximate surface area is 159 Å². The summed E-state index contributed by atoms with van der Waals surface area (Å²) in [5.74, 6) is 0.818. The molecule has 1 aliphatic carbocycles. The number of hydrogen-bond donors (Lipinski definition) is 3. The van der Waals surface area contributed by atoms with Gasteiger partial charge in [-0.05, 0) is 42.7 Å². The zero-order valence-electron chi connectivity index (χ0n) is 15.0. The van der Waals surface area contributed by atoms with E-state index in [4.69, 9.17) is 10.9 Å². The van der Waals surface area contributed by atoms with Gasteiger partial charge in [-0.3, -0.25) is 0 Å². The number of benzene rings is 1. The van der Waals surface area contributed by atoms with Gasteiger partial charge in [-0.1, -0.05) is 43.9 Å². The van der Waals surface area contributed by atoms with Crippen LogP contribution in [0.2, 0.25) is 0 Å². The topological polar surface area (TPSA) is 114 Å². The maximum absolute atomic E-state index is 11.9. The lowest BCUT2D eigenvalue weighted by atomic mass is 9.99. The molecule has 0 bridgehead atoms. The number of para-hydroxylation sites is 1. The first-order chi connectivity index (χ1) is 12.3. The number of amidine groups is 1. The minimum atomic E-state index is -3.82. The third-order valence-corrected chi connectivity index (χ3v) is 7.53. The maximum Gasteiger partial charge on any atom is 0.242 e. The first-order valence-corrected chi connectivity index (χ1v) is 11.5. The van der Waals surface area contributed by atoms with Crippen LogP contribution in [-0.2, 0) is 16.6 Å². The summed E-state index contributed by atoms with van der Waals surface area (Å²) in [5.41, 5.74) is 7.43. The smallest absolute Gasteiger partial charge is 0.242 e. The number of nitrogens with two attached hydrogens (primary N) is 2. The molecule has 5 N–H and O–H groups in total. The molecule has 1 unspecified atom stereocenters. The minimum Gasteiger partial charge on any atom is -0.377 e. The van der Waals surface area contributed by atoms with Crippen LogP contribution in [0.1, 0.15) is 44.6 Å². The molecule has 1 fully saturated rings. The van der Waals surface area contributed by atoms with Crippen LogP contribution in [0.3, 0.4) is 0 Å². The van der Waals surface area contributed by atoms with E-state index < -0.39 is 14.7 Å². The summed E-state index contributed by atoms with van der Waals surface area (Å²) in [4.78, 5) is 0. The number of thioether (sulfide) groups is 1. The standard InChI is InChI=1S/C17H27N5O2S2/c1-12(10-13-6-2-3-7-13)20-11-14-8-4-5-9-15(14)22-17(26(19,23)24)25-16(18)21-22/h4-5,8-9,12-13,17,20H,2-3,6-7,10-11H2,1H3,(H2,18,21)(H2,19,23,24)/t12-,17?/m0/s1. The van der Waals surface area contributed by atoms with Crippen LogP contribution in [0.4, 0.5) is 5.69 Å². The molecule has 0 radical (unpaired) electrons. The van der Waals surface area contributed by atoms with E-state index in [0.29, 0.717) is 18.3 Å². The van der Waals surface area contributed by atoms with Crippen LogP contribution in [0, 0.1) is 5.92 Å². The molecule has 26 heavy (non-hydrogen) atoms. The van der Waals surface area contributed by atoms with Crippen molar-refractivity contribution < 1.29 is 8.42 Å². The van der Waals surface area contributed by atoms with Gasteiger partial charge in [0.2, 0.25) is 14.7 Å². The molecular weight excluding hydrogens is 370 g/mol. The van der Waals surface area contributed by atoms with Crippen LogP contribution >= 0.6 is 11.8 Å². The molecule has 1 heterocycles. The van der Waals surface area contributed by atoms with Gasteiger partial charge < -0.3 is 11.1 Å². The quantitative estimate of drug-likeness (QED) is 0.649. The number of rotatable bonds is 7. The molecule has 1 aromatic rings. The Kier molecular flexibility index (Phi) is 6.11. The minimum absolute atomic E-state index is 0.196. The zero-order valence-corrected chi connectivity index (χ0v) is 16.6. The second-order valence-electron chi connectivity index (χ2n) is 7.09. The van der Waals surface area contributed by atoms with Gasteiger partial charge in [-0.2, -0.15) is 0 Å². The Bertz CT molecular complexity index is 762. The molecule has 0 amide bonds. The number of hydrogen-bond acceptors (Lipinski definition) is 7. The number of anilines is 1. The molecule has 2 atom stereocenters. The largest absolute Gasteiger partial charge is 0.377 e. The molecular formula is C17H27N5O2S2. The van der Waals surface area contributed by atoms with Gasteiger partial charge in [0.15, 0.2) is 5.17 Å². The summed E-state index contributed by atoms with van der Waals surface area (Å²) < 4.78 is 22.8. The van der Waals surface area contributed by atoms with Gasteiger partial charge in [0.1, 0.15) is 0 Å². The summed E-state index contributed by atoms with van der Waals surface area (Å²) in [5, 5.41) is 14.7. The first-order valence-electron chi connectivity index (χ1n) is 8.97. The van der Waals surface area contributed by atoms with E-state index in [-0.39, 0.29) is 5.17 Å². The van der Waals surface area contributed by atoms with E-state index in [2.05, 4.69) is 17.3 Å². The highest BCUT2D eigenvalue weighted by Crippen LogP contribution is 2.34. The lowest BCUT2D eigenvalue weighted by molar-refractivity contribution is 0.404. The zero-order chi connectivity index (χ0) is 18.7. The van der Waals surface area contributed by atoms with Crippen LogP contribution in [0.15, 0.2) is 29.4 Å². The van der Waals surface area contributed by atoms with E-state index in [1.165, 1.54) is 37.1 Å². The average Bonchev–Trinajstić information content (AvgIpc) is 3.22. The molecule has 1 aromatic carbocycles. The van der Waals surface area contributed by atoms with Gasteiger partial charge in [0.25, 0.3) is 0 Å². The van der Waals surface area contributed by atoms with Crippen molar-refractivity contribution in [3.8, 4) is 0 Å². The molecule has 9 heteroatoms. The Hall–Kier alpha value is -1.29. The van der Waals surface area contributed by atoms with Crippen molar-refractivity contribution >= 4 is 32.6 Å². The van der Waals surface area contributed by atoms with Crippen LogP contribution in [0.5, 0.6) is 0 Å². The summed E-state index contributed by atoms with van der Waals surface area (Å²) in [7, 11) is -3.82. The van der Waals surface area contributed by atoms with Crippen molar-refractivity contribution in [3.63, 3.8) is 0 Å². The second-order valence-corrected chi connectivity index (χ2v) is 10.1. The predicted octanol–water partition coefficient (Wildman–Crippen LogP) is 2.10. The van der Waals surface area contributed by atoms with E-state index in [9.17, 15) is 8.42 Å². The van der Waals surface area contributed by atoms with Crippen LogP contribution in [-0.4, -0.2) is 24.3 Å². The Morgan fingerprint density at radius 1 is 1.35 bits per heavy atom. The Morgan fingerprint density at radius 2 is 2.04 bits per heavy atom. The van der Waals surface area contributed by atoms with Crippen molar-refractivity contribution in [2.45, 2.75) is 56.3 Å². The highest BCUT2D eigenvalue weighted by molar-refractivity contribution is 8.22. The predicted molar refractivity (Wildman–Crippen MR) is 108 cm³/mol. The van der Waals surface area contributed by atoms with Crippen molar-refractivity contribution in [1.82, 2.24) is 5.32 Å². The van der Waals surface area contributed by atoms with Gasteiger partial charge >= 0.3 is 0 Å². The molecule has 7 nitrogen and oxygen atoms in total. The highest BCUT2D eigenvalue weighted by Gasteiger charge is 2.37. The third-order valence-electron chi connectivity index (χ3n) is 4.95. The van der Waals surface area contributed by atoms with E-state index in [0.717, 1.165) is 23.2 Å². The Morgan fingerprint density at radius 3 is 2.73 bits per heavy atom. The van der Waals surface area contributed by atoms with Gasteiger partial charge in [0.05, 0.1) is 5.69 Å². The third kappa shape index (κ3) is 4.70. The highest BCUT2D eigenvalue weighted by atomic mass is 32.3. The lowest BCUT2D eigenvalue weighted by Crippen LogP contribution is -2.37. The SMILES string of the molecule is C[C@@H](CC1CCCC1)NCc1ccccc1N1N=C(N)SC1S(N)(=O)=O. The fourth-order valence-electron chi connectivity index (χ4n) is 3.70. The van der Waals surface area contributed by atoms with Crippen molar-refractivity contribution in [2.24, 2.45) is 21.9 Å². The van der Waals surface area contributed by atoms with E-state index in [1.807, 2.05) is 24.3 Å². The molecule has 0 aromatic heterocycles. The lowest BCUT2D eigenvalue weighted by Gasteiger charge is -2.24. The summed E-state index contributed by atoms with van der Waals surface area (Å²) in [6.45, 7) is 2.84. The summed E-state index contributed by atoms with van der Waals surface area (Å²) in [6.07, 6.45) is 6.53. The van der Waals surface area contributed by atoms with Crippen LogP contribution < -0.4 is 21.2 Å². The molecule has 1 aliphatic heterocycles. The fourth-order valence-corrected chi connectivity index (χ4v) is 5.57. The maximum atomic E-state index is 11.9. The van der Waals surface area contributed by atoms with Crippen molar-refractivity contribution in [1.29, 1.82) is 0 Å². The molecule has 0 saturated heterocycles. The number of hydrazone groups is 1. The van der Waals surface area contributed by atoms with Gasteiger partial charge in [-0.25, -0.2) is 18.6 Å². The molecule has 0 spiro atoms. The van der Waals surface area contributed by atoms with Crippen LogP contribution in [0.25, 0.3) is 0 Å². The number of nitrogens with one attached hydrogen (secondary N) is 1. The Balaban J connectivity index is 1.71. The molecule has 1 saturated carbocycles. The van der Waals surface area contributed by atoms with Crippen molar-refractivity contribution in [2.75, 3.05) is 5.01 Å². The second kappa shape index (κ2) is 8.16. The van der Waals surface area contributed by atoms with E-state index >= 15 is 0 Å². The molecule has 2 aliphatic rings. The number of primary sulfonamides is 1. The monoisotopic (exact) mass is 397 g/mol. The first kappa shape index (κ1) is 19.5. The van der Waals surface area contributed by atoms with Gasteiger partial charge in [0, 0.05) is 12.6 Å². The van der Waals surface area contributed by atoms with E-state index in [1.54, 1.807) is 0 Å². The van der Waals surface area contributed by atoms with Gasteiger partial charge in [-0.15, -0.1) is 5.10 Å². The fraction of sp³-hybridized carbons (Fsp3) is 0.588. The normalized spacial score (nSPS) is 22.6. The summed E-state index contributed by atoms with van der Waals surface area (Å²) in [6, 6.07) is 8.01. The molecule has 3 rings (SSSR count). The van der Waals surface area contributed by atoms with Crippen molar-refractivity contribution in [3.05, 3.63) is 29.8 Å². The summed E-state index contributed by atoms with van der Waals surface area (Å²) >= 11 is 0.950. The number of sulfonamides is 1.